The van der Waals surface area contributed by atoms with Gasteiger partial charge in [-0.1, -0.05) is 26.0 Å². The number of ether oxygens (including phenoxy) is 1. The van der Waals surface area contributed by atoms with E-state index in [0.29, 0.717) is 19.4 Å². The summed E-state index contributed by atoms with van der Waals surface area (Å²) in [6.07, 6.45) is 2.07. The number of rotatable bonds is 10. The number of nitrogens with one attached hydrogen (secondary N) is 1. The number of carbonyl (C=O) groups is 1. The number of carboxylic acid groups (broad SMARTS) is 1. The minimum Gasteiger partial charge on any atom is -0.496 e. The van der Waals surface area contributed by atoms with Crippen molar-refractivity contribution in [3.05, 3.63) is 24.3 Å². The summed E-state index contributed by atoms with van der Waals surface area (Å²) in [5.74, 6) is 0.990. The van der Waals surface area contributed by atoms with Crippen molar-refractivity contribution in [2.75, 3.05) is 19.4 Å². The van der Waals surface area contributed by atoms with Crippen molar-refractivity contribution in [1.82, 2.24) is 5.32 Å². The average molecular weight is 311 g/mol. The first-order valence-corrected chi connectivity index (χ1v) is 8.32. The Morgan fingerprint density at radius 3 is 2.67 bits per heavy atom. The smallest absolute Gasteiger partial charge is 0.323 e. The SMILES string of the molecule is CCNC(CC)(CCCSc1ccccc1OC)C(=O)O. The maximum absolute atomic E-state index is 11.5. The molecular formula is C16H25NO3S. The fourth-order valence-corrected chi connectivity index (χ4v) is 3.33. The van der Waals surface area contributed by atoms with Gasteiger partial charge in [-0.25, -0.2) is 0 Å². The molecule has 0 heterocycles. The van der Waals surface area contributed by atoms with Crippen LogP contribution in [-0.4, -0.2) is 36.0 Å². The standard InChI is InChI=1S/C16H25NO3S/c1-4-16(15(18)19,17-5-2)11-8-12-21-14-10-7-6-9-13(14)20-3/h6-7,9-10,17H,4-5,8,11-12H2,1-3H3,(H,18,19). The van der Waals surface area contributed by atoms with Gasteiger partial charge in [0.2, 0.25) is 0 Å². The van der Waals surface area contributed by atoms with Crippen LogP contribution in [0.15, 0.2) is 29.2 Å². The van der Waals surface area contributed by atoms with Gasteiger partial charge >= 0.3 is 5.97 Å². The summed E-state index contributed by atoms with van der Waals surface area (Å²) < 4.78 is 5.31. The van der Waals surface area contributed by atoms with Crippen LogP contribution < -0.4 is 10.1 Å². The zero-order valence-electron chi connectivity index (χ0n) is 13.0. The third kappa shape index (κ3) is 4.93. The maximum Gasteiger partial charge on any atom is 0.323 e. The van der Waals surface area contributed by atoms with Crippen molar-refractivity contribution >= 4 is 17.7 Å². The fourth-order valence-electron chi connectivity index (χ4n) is 2.36. The Morgan fingerprint density at radius 1 is 1.38 bits per heavy atom. The molecule has 0 saturated carbocycles. The zero-order chi connectivity index (χ0) is 15.7. The molecule has 0 aliphatic rings. The van der Waals surface area contributed by atoms with Crippen molar-refractivity contribution in [3.63, 3.8) is 0 Å². The Bertz CT molecular complexity index is 453. The van der Waals surface area contributed by atoms with Gasteiger partial charge in [-0.3, -0.25) is 4.79 Å². The van der Waals surface area contributed by atoms with E-state index in [1.54, 1.807) is 18.9 Å². The predicted octanol–water partition coefficient (Wildman–Crippen LogP) is 3.41. The van der Waals surface area contributed by atoms with Crippen molar-refractivity contribution < 1.29 is 14.6 Å². The lowest BCUT2D eigenvalue weighted by atomic mass is 9.91. The molecule has 1 aromatic rings. The second kappa shape index (κ2) is 8.95. The average Bonchev–Trinajstić information content (AvgIpc) is 2.50. The minimum atomic E-state index is -0.796. The molecule has 5 heteroatoms. The van der Waals surface area contributed by atoms with Crippen LogP contribution in [0.1, 0.15) is 33.1 Å². The molecule has 1 aromatic carbocycles. The van der Waals surface area contributed by atoms with Crippen molar-refractivity contribution in [1.29, 1.82) is 0 Å². The van der Waals surface area contributed by atoms with E-state index in [1.165, 1.54) is 0 Å². The zero-order valence-corrected chi connectivity index (χ0v) is 13.8. The third-order valence-electron chi connectivity index (χ3n) is 3.60. The molecule has 0 spiro atoms. The van der Waals surface area contributed by atoms with Crippen LogP contribution >= 0.6 is 11.8 Å². The molecule has 0 fully saturated rings. The highest BCUT2D eigenvalue weighted by Gasteiger charge is 2.34. The van der Waals surface area contributed by atoms with Gasteiger partial charge in [0.05, 0.1) is 7.11 Å². The molecule has 0 radical (unpaired) electrons. The van der Waals surface area contributed by atoms with E-state index >= 15 is 0 Å². The topological polar surface area (TPSA) is 58.6 Å². The number of benzene rings is 1. The van der Waals surface area contributed by atoms with Crippen LogP contribution in [0.2, 0.25) is 0 Å². The molecule has 4 nitrogen and oxygen atoms in total. The second-order valence-corrected chi connectivity index (χ2v) is 6.01. The van der Waals surface area contributed by atoms with Gasteiger partial charge < -0.3 is 15.2 Å². The highest BCUT2D eigenvalue weighted by Crippen LogP contribution is 2.30. The maximum atomic E-state index is 11.5. The van der Waals surface area contributed by atoms with Gasteiger partial charge in [0.15, 0.2) is 0 Å². The molecule has 1 atom stereocenters. The predicted molar refractivity (Wildman–Crippen MR) is 87.3 cm³/mol. The van der Waals surface area contributed by atoms with E-state index in [4.69, 9.17) is 4.74 Å². The number of carboxylic acids is 1. The summed E-state index contributed by atoms with van der Waals surface area (Å²) in [5, 5.41) is 12.6. The van der Waals surface area contributed by atoms with Crippen molar-refractivity contribution in [2.45, 2.75) is 43.5 Å². The van der Waals surface area contributed by atoms with E-state index < -0.39 is 11.5 Å². The molecule has 21 heavy (non-hydrogen) atoms. The summed E-state index contributed by atoms with van der Waals surface area (Å²) in [6, 6.07) is 7.89. The Morgan fingerprint density at radius 2 is 2.10 bits per heavy atom. The number of likely N-dealkylation sites (N-methyl/N-ethyl adjacent to an activating group) is 1. The van der Waals surface area contributed by atoms with Crippen LogP contribution in [0.25, 0.3) is 0 Å². The minimum absolute atomic E-state index is 0.593. The summed E-state index contributed by atoms with van der Waals surface area (Å²) in [7, 11) is 1.66. The Balaban J connectivity index is 2.53. The summed E-state index contributed by atoms with van der Waals surface area (Å²) in [6.45, 7) is 4.53. The van der Waals surface area contributed by atoms with Crippen LogP contribution in [-0.2, 0) is 4.79 Å². The molecule has 0 aromatic heterocycles. The lowest BCUT2D eigenvalue weighted by Gasteiger charge is -2.29. The molecule has 2 N–H and O–H groups in total. The molecule has 0 bridgehead atoms. The van der Waals surface area contributed by atoms with Crippen LogP contribution in [0.4, 0.5) is 0 Å². The molecule has 0 saturated heterocycles. The lowest BCUT2D eigenvalue weighted by Crippen LogP contribution is -2.51. The Labute approximate surface area is 131 Å². The summed E-state index contributed by atoms with van der Waals surface area (Å²) >= 11 is 1.71. The highest BCUT2D eigenvalue weighted by molar-refractivity contribution is 7.99. The summed E-state index contributed by atoms with van der Waals surface area (Å²) in [4.78, 5) is 12.6. The van der Waals surface area contributed by atoms with Gasteiger partial charge in [-0.2, -0.15) is 0 Å². The number of aliphatic carboxylic acids is 1. The highest BCUT2D eigenvalue weighted by atomic mass is 32.2. The number of thioether (sulfide) groups is 1. The molecule has 0 amide bonds. The first-order valence-electron chi connectivity index (χ1n) is 7.34. The van der Waals surface area contributed by atoms with E-state index in [0.717, 1.165) is 22.8 Å². The molecule has 1 rings (SSSR count). The number of methoxy groups -OCH3 is 1. The largest absolute Gasteiger partial charge is 0.496 e. The van der Waals surface area contributed by atoms with E-state index in [-0.39, 0.29) is 0 Å². The van der Waals surface area contributed by atoms with Crippen molar-refractivity contribution in [3.8, 4) is 5.75 Å². The number of hydrogen-bond acceptors (Lipinski definition) is 4. The van der Waals surface area contributed by atoms with Crippen molar-refractivity contribution in [2.24, 2.45) is 0 Å². The first-order chi connectivity index (χ1) is 10.1. The quantitative estimate of drug-likeness (QED) is 0.512. The first kappa shape index (κ1) is 17.9. The molecule has 0 aliphatic heterocycles. The van der Waals surface area contributed by atoms with E-state index in [9.17, 15) is 9.90 Å². The van der Waals surface area contributed by atoms with Gasteiger partial charge in [0, 0.05) is 4.90 Å². The van der Waals surface area contributed by atoms with Crippen LogP contribution in [0, 0.1) is 0 Å². The fraction of sp³-hybridized carbons (Fsp3) is 0.562. The lowest BCUT2D eigenvalue weighted by molar-refractivity contribution is -0.145. The Hall–Kier alpha value is -1.20. The van der Waals surface area contributed by atoms with Gasteiger partial charge in [0.25, 0.3) is 0 Å². The van der Waals surface area contributed by atoms with E-state index in [1.807, 2.05) is 38.1 Å². The molecule has 0 aliphatic carbocycles. The van der Waals surface area contributed by atoms with E-state index in [2.05, 4.69) is 5.32 Å². The number of hydrogen-bond donors (Lipinski definition) is 2. The van der Waals surface area contributed by atoms with Crippen LogP contribution in [0.3, 0.4) is 0 Å². The molecule has 118 valence electrons. The van der Waals surface area contributed by atoms with Gasteiger partial charge in [-0.15, -0.1) is 11.8 Å². The third-order valence-corrected chi connectivity index (χ3v) is 4.74. The van der Waals surface area contributed by atoms with Crippen LogP contribution in [0.5, 0.6) is 5.75 Å². The molecular weight excluding hydrogens is 286 g/mol. The normalized spacial score (nSPS) is 13.7. The van der Waals surface area contributed by atoms with Gasteiger partial charge in [-0.05, 0) is 43.7 Å². The second-order valence-electron chi connectivity index (χ2n) is 4.87. The summed E-state index contributed by atoms with van der Waals surface area (Å²) in [5.41, 5.74) is -0.796. The van der Waals surface area contributed by atoms with Gasteiger partial charge in [0.1, 0.15) is 11.3 Å². The molecule has 1 unspecified atom stereocenters. The Kier molecular flexibility index (Phi) is 7.61. The number of para-hydroxylation sites is 1. The monoisotopic (exact) mass is 311 g/mol.